The first-order valence-electron chi connectivity index (χ1n) is 12.9. The number of nitriles is 1. The molecule has 5 rings (SSSR count). The first-order valence-corrected chi connectivity index (χ1v) is 13.7. The maximum absolute atomic E-state index is 14.0. The van der Waals surface area contributed by atoms with Crippen LogP contribution in [0.3, 0.4) is 0 Å². The van der Waals surface area contributed by atoms with Crippen molar-refractivity contribution >= 4 is 28.5 Å². The fourth-order valence-corrected chi connectivity index (χ4v) is 6.70. The summed E-state index contributed by atoms with van der Waals surface area (Å²) in [6, 6.07) is 20.8. The molecule has 0 fully saturated rings. The van der Waals surface area contributed by atoms with Crippen LogP contribution < -0.4 is 10.6 Å². The number of nitro benzene ring substituents is 1. The number of nitrogens with two attached hydrogens (primary N) is 1. The summed E-state index contributed by atoms with van der Waals surface area (Å²) < 4.78 is 0. The Morgan fingerprint density at radius 1 is 1.10 bits per heavy atom. The molecule has 8 heteroatoms. The van der Waals surface area contributed by atoms with Gasteiger partial charge in [0.05, 0.1) is 28.2 Å². The molecule has 0 bridgehead atoms. The standard InChI is InChI=1S/C31H30N4O3S/c1-18-10-11-21(35(37)38)16-23(18)34-24-14-20(19-8-6-5-7-9-19)15-25(36)29(24)28(22(17-32)30(34)33)26-12-13-27(39-26)31(2,3)4/h5-13,16,20,28H,14-15,33H2,1-4H3/t20-,28+/m1/s1. The lowest BCUT2D eigenvalue weighted by molar-refractivity contribution is -0.384. The third-order valence-corrected chi connectivity index (χ3v) is 9.11. The molecule has 2 atom stereocenters. The predicted octanol–water partition coefficient (Wildman–Crippen LogP) is 6.96. The van der Waals surface area contributed by atoms with Crippen LogP contribution in [0.4, 0.5) is 11.4 Å². The van der Waals surface area contributed by atoms with Gasteiger partial charge in [-0.2, -0.15) is 5.26 Å². The number of nitro groups is 1. The minimum atomic E-state index is -0.578. The molecule has 3 aromatic rings. The molecule has 2 N–H and O–H groups in total. The van der Waals surface area contributed by atoms with Crippen LogP contribution >= 0.6 is 11.3 Å². The lowest BCUT2D eigenvalue weighted by Gasteiger charge is -2.41. The van der Waals surface area contributed by atoms with Gasteiger partial charge >= 0.3 is 0 Å². The molecule has 0 radical (unpaired) electrons. The summed E-state index contributed by atoms with van der Waals surface area (Å²) in [5, 5.41) is 22.1. The van der Waals surface area contributed by atoms with Crippen molar-refractivity contribution in [2.24, 2.45) is 5.73 Å². The summed E-state index contributed by atoms with van der Waals surface area (Å²) in [6.07, 6.45) is 0.831. The van der Waals surface area contributed by atoms with E-state index < -0.39 is 10.8 Å². The molecular formula is C31H30N4O3S. The zero-order valence-electron chi connectivity index (χ0n) is 22.4. The minimum absolute atomic E-state index is 0.0332. The molecule has 1 aliphatic carbocycles. The minimum Gasteiger partial charge on any atom is -0.384 e. The monoisotopic (exact) mass is 538 g/mol. The zero-order chi connectivity index (χ0) is 28.1. The van der Waals surface area contributed by atoms with E-state index in [4.69, 9.17) is 5.73 Å². The number of anilines is 1. The number of nitrogens with zero attached hydrogens (tertiary/aromatic N) is 3. The van der Waals surface area contributed by atoms with Gasteiger partial charge in [-0.15, -0.1) is 11.3 Å². The summed E-state index contributed by atoms with van der Waals surface area (Å²) in [7, 11) is 0. The number of hydrogen-bond acceptors (Lipinski definition) is 7. The fraction of sp³-hybridized carbons (Fsp3) is 0.290. The third kappa shape index (κ3) is 4.64. The lowest BCUT2D eigenvalue weighted by Crippen LogP contribution is -2.40. The van der Waals surface area contributed by atoms with Crippen molar-refractivity contribution in [3.63, 3.8) is 0 Å². The summed E-state index contributed by atoms with van der Waals surface area (Å²) in [4.78, 5) is 29.0. The number of carbonyl (C=O) groups excluding carboxylic acids is 1. The Morgan fingerprint density at radius 2 is 1.82 bits per heavy atom. The number of allylic oxidation sites excluding steroid dienone is 3. The Hall–Kier alpha value is -4.22. The number of thiophene rings is 1. The summed E-state index contributed by atoms with van der Waals surface area (Å²) in [5.41, 5.74) is 10.5. The van der Waals surface area contributed by atoms with Crippen LogP contribution in [0, 0.1) is 28.4 Å². The smallest absolute Gasteiger partial charge is 0.271 e. The second kappa shape index (κ2) is 9.83. The van der Waals surface area contributed by atoms with Crippen LogP contribution in [0.2, 0.25) is 0 Å². The molecular weight excluding hydrogens is 508 g/mol. The summed E-state index contributed by atoms with van der Waals surface area (Å²) >= 11 is 1.59. The predicted molar refractivity (Wildman–Crippen MR) is 153 cm³/mol. The number of ketones is 1. The molecule has 0 amide bonds. The molecule has 1 aromatic heterocycles. The molecule has 39 heavy (non-hydrogen) atoms. The van der Waals surface area contributed by atoms with Gasteiger partial charge in [0.2, 0.25) is 0 Å². The number of non-ortho nitro benzene ring substituents is 1. The average Bonchev–Trinajstić information content (AvgIpc) is 3.40. The number of carbonyl (C=O) groups is 1. The van der Waals surface area contributed by atoms with Gasteiger partial charge in [0.1, 0.15) is 5.82 Å². The largest absolute Gasteiger partial charge is 0.384 e. The average molecular weight is 539 g/mol. The highest BCUT2D eigenvalue weighted by Crippen LogP contribution is 2.51. The third-order valence-electron chi connectivity index (χ3n) is 7.53. The molecule has 1 aliphatic heterocycles. The van der Waals surface area contributed by atoms with Gasteiger partial charge in [-0.1, -0.05) is 57.2 Å². The lowest BCUT2D eigenvalue weighted by atomic mass is 9.73. The zero-order valence-corrected chi connectivity index (χ0v) is 23.2. The van der Waals surface area contributed by atoms with E-state index in [0.29, 0.717) is 29.8 Å². The van der Waals surface area contributed by atoms with E-state index in [1.54, 1.807) is 22.3 Å². The highest BCUT2D eigenvalue weighted by molar-refractivity contribution is 7.12. The maximum Gasteiger partial charge on any atom is 0.271 e. The molecule has 0 saturated heterocycles. The number of benzene rings is 2. The van der Waals surface area contributed by atoms with Gasteiger partial charge in [-0.25, -0.2) is 0 Å². The number of rotatable bonds is 4. The number of hydrogen-bond donors (Lipinski definition) is 1. The quantitative estimate of drug-likeness (QED) is 0.284. The second-order valence-electron chi connectivity index (χ2n) is 11.2. The van der Waals surface area contributed by atoms with Crippen LogP contribution in [0.15, 0.2) is 83.3 Å². The molecule has 0 saturated carbocycles. The van der Waals surface area contributed by atoms with E-state index in [2.05, 4.69) is 32.9 Å². The van der Waals surface area contributed by atoms with E-state index in [1.807, 2.05) is 43.3 Å². The van der Waals surface area contributed by atoms with Crippen LogP contribution in [-0.2, 0) is 10.2 Å². The van der Waals surface area contributed by atoms with Crippen LogP contribution in [0.1, 0.15) is 66.3 Å². The van der Waals surface area contributed by atoms with Crippen molar-refractivity contribution in [1.82, 2.24) is 0 Å². The van der Waals surface area contributed by atoms with E-state index in [1.165, 1.54) is 12.1 Å². The van der Waals surface area contributed by atoms with E-state index in [-0.39, 0.29) is 34.2 Å². The molecule has 2 aromatic carbocycles. The van der Waals surface area contributed by atoms with Crippen LogP contribution in [0.5, 0.6) is 0 Å². The Balaban J connectivity index is 1.76. The van der Waals surface area contributed by atoms with Gasteiger partial charge in [-0.3, -0.25) is 19.8 Å². The van der Waals surface area contributed by atoms with Crippen molar-refractivity contribution in [3.05, 3.63) is 114 Å². The normalized spacial score (nSPS) is 19.7. The first kappa shape index (κ1) is 26.4. The number of aryl methyl sites for hydroxylation is 1. The summed E-state index contributed by atoms with van der Waals surface area (Å²) in [5.74, 6) is -0.485. The Morgan fingerprint density at radius 3 is 2.44 bits per heavy atom. The van der Waals surface area contributed by atoms with Crippen molar-refractivity contribution in [1.29, 1.82) is 5.26 Å². The molecule has 0 unspecified atom stereocenters. The van der Waals surface area contributed by atoms with Crippen molar-refractivity contribution < 1.29 is 9.72 Å². The topological polar surface area (TPSA) is 113 Å². The SMILES string of the molecule is Cc1ccc([N+](=O)[O-])cc1N1C(N)=C(C#N)[C@@H](c2ccc(C(C)(C)C)s2)C2=C1C[C@@H](c1ccccc1)CC2=O. The Bertz CT molecular complexity index is 1590. The molecule has 2 aliphatic rings. The van der Waals surface area contributed by atoms with Gasteiger partial charge < -0.3 is 5.73 Å². The van der Waals surface area contributed by atoms with E-state index in [0.717, 1.165) is 20.9 Å². The Kier molecular flexibility index (Phi) is 6.65. The van der Waals surface area contributed by atoms with E-state index in [9.17, 15) is 20.2 Å². The van der Waals surface area contributed by atoms with Crippen LogP contribution in [0.25, 0.3) is 0 Å². The van der Waals surface area contributed by atoms with E-state index >= 15 is 0 Å². The van der Waals surface area contributed by atoms with Gasteiger partial charge in [0.15, 0.2) is 5.78 Å². The van der Waals surface area contributed by atoms with Gasteiger partial charge in [0, 0.05) is 39.6 Å². The molecule has 2 heterocycles. The number of Topliss-reactive ketones (excluding diaryl/α,β-unsaturated/α-hetero) is 1. The Labute approximate surface area is 232 Å². The van der Waals surface area contributed by atoms with Crippen molar-refractivity contribution in [2.45, 2.75) is 57.8 Å². The molecule has 7 nitrogen and oxygen atoms in total. The maximum atomic E-state index is 14.0. The second-order valence-corrected chi connectivity index (χ2v) is 12.3. The van der Waals surface area contributed by atoms with Crippen LogP contribution in [-0.4, -0.2) is 10.7 Å². The molecule has 0 spiro atoms. The highest BCUT2D eigenvalue weighted by atomic mass is 32.1. The highest BCUT2D eigenvalue weighted by Gasteiger charge is 2.44. The van der Waals surface area contributed by atoms with Crippen molar-refractivity contribution in [2.75, 3.05) is 4.90 Å². The van der Waals surface area contributed by atoms with Crippen molar-refractivity contribution in [3.8, 4) is 6.07 Å². The first-order chi connectivity index (χ1) is 18.5. The van der Waals surface area contributed by atoms with Gasteiger partial charge in [-0.05, 0) is 47.9 Å². The fourth-order valence-electron chi connectivity index (χ4n) is 5.51. The van der Waals surface area contributed by atoms with Gasteiger partial charge in [0.25, 0.3) is 5.69 Å². The summed E-state index contributed by atoms with van der Waals surface area (Å²) in [6.45, 7) is 8.24. The molecule has 198 valence electrons.